The van der Waals surface area contributed by atoms with Crippen LogP contribution in [-0.4, -0.2) is 15.0 Å². The number of rotatable bonds is 2. The van der Waals surface area contributed by atoms with Crippen LogP contribution in [0.1, 0.15) is 25.2 Å². The molecule has 3 nitrogen and oxygen atoms in total. The zero-order valence-corrected chi connectivity index (χ0v) is 14.3. The Balaban J connectivity index is 0.000000847. The Bertz CT molecular complexity index is 863. The van der Waals surface area contributed by atoms with Gasteiger partial charge in [0.25, 0.3) is 0 Å². The van der Waals surface area contributed by atoms with Crippen LogP contribution < -0.4 is 0 Å². The van der Waals surface area contributed by atoms with E-state index < -0.39 is 0 Å². The van der Waals surface area contributed by atoms with Gasteiger partial charge >= 0.3 is 0 Å². The van der Waals surface area contributed by atoms with Gasteiger partial charge in [-0.05, 0) is 19.1 Å². The predicted octanol–water partition coefficient (Wildman–Crippen LogP) is 5.78. The normalized spacial score (nSPS) is 11.4. The second kappa shape index (κ2) is 6.95. The van der Waals surface area contributed by atoms with E-state index in [0.717, 1.165) is 27.8 Å². The Morgan fingerprint density at radius 2 is 1.86 bits per heavy atom. The molecule has 0 aliphatic heterocycles. The topological polar surface area (TPSA) is 41.6 Å². The minimum atomic E-state index is 0.282. The van der Waals surface area contributed by atoms with Gasteiger partial charge in [0, 0.05) is 10.9 Å². The number of aromatic nitrogens is 3. The summed E-state index contributed by atoms with van der Waals surface area (Å²) in [6, 6.07) is 7.97. The van der Waals surface area contributed by atoms with Gasteiger partial charge in [-0.1, -0.05) is 61.8 Å². The number of halogens is 2. The fourth-order valence-electron chi connectivity index (χ4n) is 2.07. The number of nitrogens with one attached hydrogen (secondary N) is 1. The van der Waals surface area contributed by atoms with E-state index in [9.17, 15) is 0 Å². The fourth-order valence-corrected chi connectivity index (χ4v) is 2.23. The third-order valence-corrected chi connectivity index (χ3v) is 3.70. The summed E-state index contributed by atoms with van der Waals surface area (Å²) in [6.45, 7) is 9.48. The molecule has 0 atom stereocenters. The molecule has 0 aliphatic carbocycles. The van der Waals surface area contributed by atoms with E-state index in [4.69, 9.17) is 23.2 Å². The highest BCUT2D eigenvalue weighted by Crippen LogP contribution is 2.25. The maximum Gasteiger partial charge on any atom is 0.157 e. The lowest BCUT2D eigenvalue weighted by Crippen LogP contribution is -1.93. The fraction of sp³-hybridized carbons (Fsp3) is 0.176. The van der Waals surface area contributed by atoms with E-state index >= 15 is 0 Å². The van der Waals surface area contributed by atoms with Crippen LogP contribution >= 0.6 is 23.2 Å². The van der Waals surface area contributed by atoms with Crippen molar-refractivity contribution in [2.75, 3.05) is 0 Å². The third-order valence-electron chi connectivity index (χ3n) is 3.06. The van der Waals surface area contributed by atoms with Crippen molar-refractivity contribution in [3.8, 4) is 0 Å². The molecule has 0 saturated carbocycles. The first kappa shape index (κ1) is 16.5. The number of nitrogens with zero attached hydrogens (tertiary/aromatic N) is 2. The Hall–Kier alpha value is -1.84. The molecule has 22 heavy (non-hydrogen) atoms. The zero-order valence-electron chi connectivity index (χ0n) is 12.7. The maximum atomic E-state index is 6.00. The molecule has 2 heterocycles. The summed E-state index contributed by atoms with van der Waals surface area (Å²) in [5.74, 6) is 0. The van der Waals surface area contributed by atoms with Crippen LogP contribution in [0.25, 0.3) is 28.1 Å². The zero-order chi connectivity index (χ0) is 16.3. The molecular weight excluding hydrogens is 317 g/mol. The van der Waals surface area contributed by atoms with Crippen LogP contribution in [0.5, 0.6) is 0 Å². The number of para-hydroxylation sites is 1. The van der Waals surface area contributed by atoms with Crippen molar-refractivity contribution >= 4 is 51.3 Å². The van der Waals surface area contributed by atoms with Crippen LogP contribution in [-0.2, 0) is 0 Å². The Kier molecular flexibility index (Phi) is 5.22. The molecule has 1 N–H and O–H groups in total. The third kappa shape index (κ3) is 3.16. The SMILES string of the molecule is C=C(Cl)/C(Cl)=C\c1nc2[nH]c3ccccc3c2nc1C.CC. The smallest absolute Gasteiger partial charge is 0.157 e. The van der Waals surface area contributed by atoms with Crippen molar-refractivity contribution in [2.45, 2.75) is 20.8 Å². The molecule has 0 unspecified atom stereocenters. The number of aryl methyl sites for hydroxylation is 1. The maximum absolute atomic E-state index is 6.00. The molecule has 0 aliphatic rings. The average molecular weight is 334 g/mol. The lowest BCUT2D eigenvalue weighted by molar-refractivity contribution is 1.16. The Labute approximate surface area is 139 Å². The molecule has 0 amide bonds. The number of allylic oxidation sites excluding steroid dienone is 2. The van der Waals surface area contributed by atoms with E-state index in [0.29, 0.717) is 10.7 Å². The van der Waals surface area contributed by atoms with Crippen LogP contribution in [0.3, 0.4) is 0 Å². The van der Waals surface area contributed by atoms with Gasteiger partial charge in [0.1, 0.15) is 5.52 Å². The lowest BCUT2D eigenvalue weighted by atomic mass is 10.2. The Morgan fingerprint density at radius 3 is 2.55 bits per heavy atom. The van der Waals surface area contributed by atoms with Gasteiger partial charge in [-0.2, -0.15) is 0 Å². The van der Waals surface area contributed by atoms with E-state index in [1.165, 1.54) is 0 Å². The summed E-state index contributed by atoms with van der Waals surface area (Å²) >= 11 is 11.8. The monoisotopic (exact) mass is 333 g/mol. The van der Waals surface area contributed by atoms with Gasteiger partial charge in [-0.3, -0.25) is 0 Å². The minimum Gasteiger partial charge on any atom is -0.338 e. The molecule has 0 saturated heterocycles. The largest absolute Gasteiger partial charge is 0.338 e. The van der Waals surface area contributed by atoms with Gasteiger partial charge < -0.3 is 4.98 Å². The van der Waals surface area contributed by atoms with Crippen LogP contribution in [0, 0.1) is 6.92 Å². The lowest BCUT2D eigenvalue weighted by Gasteiger charge is -2.01. The van der Waals surface area contributed by atoms with Crippen molar-refractivity contribution < 1.29 is 0 Å². The molecule has 2 aromatic heterocycles. The van der Waals surface area contributed by atoms with Gasteiger partial charge in [0.05, 0.1) is 21.5 Å². The Morgan fingerprint density at radius 1 is 1.18 bits per heavy atom. The average Bonchev–Trinajstić information content (AvgIpc) is 2.87. The highest BCUT2D eigenvalue weighted by Gasteiger charge is 2.10. The molecule has 0 spiro atoms. The summed E-state index contributed by atoms with van der Waals surface area (Å²) in [7, 11) is 0. The van der Waals surface area contributed by atoms with Crippen molar-refractivity contribution in [1.82, 2.24) is 15.0 Å². The first-order chi connectivity index (χ1) is 10.6. The minimum absolute atomic E-state index is 0.282. The molecule has 0 fully saturated rings. The molecule has 3 aromatic rings. The van der Waals surface area contributed by atoms with Crippen LogP contribution in [0.2, 0.25) is 0 Å². The van der Waals surface area contributed by atoms with Crippen molar-refractivity contribution in [3.63, 3.8) is 0 Å². The molecule has 5 heteroatoms. The summed E-state index contributed by atoms with van der Waals surface area (Å²) in [4.78, 5) is 12.4. The van der Waals surface area contributed by atoms with Gasteiger partial charge in [-0.25, -0.2) is 9.97 Å². The van der Waals surface area contributed by atoms with Crippen LogP contribution in [0.15, 0.2) is 40.9 Å². The van der Waals surface area contributed by atoms with Crippen molar-refractivity contribution in [1.29, 1.82) is 0 Å². The summed E-state index contributed by atoms with van der Waals surface area (Å²) in [6.07, 6.45) is 1.67. The van der Waals surface area contributed by atoms with E-state index in [2.05, 4.69) is 21.5 Å². The van der Waals surface area contributed by atoms with Crippen molar-refractivity contribution in [3.05, 3.63) is 52.3 Å². The molecule has 0 radical (unpaired) electrons. The molecule has 1 aromatic carbocycles. The first-order valence-corrected chi connectivity index (χ1v) is 7.79. The van der Waals surface area contributed by atoms with E-state index in [-0.39, 0.29) is 5.03 Å². The molecule has 3 rings (SSSR count). The number of aromatic amines is 1. The standard InChI is InChI=1S/C15H11Cl2N3.C2H6/c1-8(16)11(17)7-13-9(2)18-14-10-5-3-4-6-12(10)19-15(14)20-13;1-2/h3-7H,1H2,2H3,(H,19,20);1-2H3/b11-7+;. The first-order valence-electron chi connectivity index (χ1n) is 7.03. The van der Waals surface area contributed by atoms with Gasteiger partial charge in [0.15, 0.2) is 5.65 Å². The van der Waals surface area contributed by atoms with Gasteiger partial charge in [0.2, 0.25) is 0 Å². The molecular formula is C17H17Cl2N3. The van der Waals surface area contributed by atoms with Crippen molar-refractivity contribution in [2.24, 2.45) is 0 Å². The molecule has 0 bridgehead atoms. The number of fused-ring (bicyclic) bond motifs is 3. The highest BCUT2D eigenvalue weighted by molar-refractivity contribution is 6.44. The summed E-state index contributed by atoms with van der Waals surface area (Å²) in [5.41, 5.74) is 4.06. The summed E-state index contributed by atoms with van der Waals surface area (Å²) < 4.78 is 0. The predicted molar refractivity (Wildman–Crippen MR) is 96.3 cm³/mol. The van der Waals surface area contributed by atoms with E-state index in [1.54, 1.807) is 6.08 Å². The van der Waals surface area contributed by atoms with E-state index in [1.807, 2.05) is 45.0 Å². The molecule has 114 valence electrons. The number of hydrogen-bond acceptors (Lipinski definition) is 2. The number of H-pyrrole nitrogens is 1. The number of benzene rings is 1. The second-order valence-electron chi connectivity index (χ2n) is 4.46. The number of hydrogen-bond donors (Lipinski definition) is 1. The highest BCUT2D eigenvalue weighted by atomic mass is 35.5. The second-order valence-corrected chi connectivity index (χ2v) is 5.32. The van der Waals surface area contributed by atoms with Crippen LogP contribution in [0.4, 0.5) is 0 Å². The summed E-state index contributed by atoms with van der Waals surface area (Å²) in [5, 5.41) is 1.70. The van der Waals surface area contributed by atoms with Gasteiger partial charge in [-0.15, -0.1) is 0 Å². The quantitative estimate of drug-likeness (QED) is 0.604.